The molecule has 0 bridgehead atoms. The van der Waals surface area contributed by atoms with Crippen molar-refractivity contribution >= 4 is 7.60 Å². The first-order chi connectivity index (χ1) is 9.80. The minimum Gasteiger partial charge on any atom is -0.777 e. The van der Waals surface area contributed by atoms with Crippen LogP contribution in [-0.2, 0) is 24.5 Å². The van der Waals surface area contributed by atoms with Crippen LogP contribution in [0.1, 0.15) is 18.4 Å². The molecule has 0 saturated carbocycles. The quantitative estimate of drug-likeness (QED) is 0.434. The summed E-state index contributed by atoms with van der Waals surface area (Å²) in [4.78, 5) is 36.9. The summed E-state index contributed by atoms with van der Waals surface area (Å²) >= 11 is 0. The van der Waals surface area contributed by atoms with Gasteiger partial charge in [0.15, 0.2) is 7.60 Å². The van der Waals surface area contributed by atoms with Crippen LogP contribution in [0.5, 0.6) is 0 Å². The largest absolute Gasteiger partial charge is 1.00 e. The third-order valence-electron chi connectivity index (χ3n) is 3.18. The molecule has 118 valence electrons. The van der Waals surface area contributed by atoms with Gasteiger partial charge < -0.3 is 23.5 Å². The van der Waals surface area contributed by atoms with Gasteiger partial charge in [-0.3, -0.25) is 9.78 Å². The number of ether oxygens (including phenoxy) is 2. The molecule has 2 heterocycles. The van der Waals surface area contributed by atoms with E-state index in [1.54, 1.807) is 0 Å². The van der Waals surface area contributed by atoms with Crippen LogP contribution in [0.4, 0.5) is 0 Å². The van der Waals surface area contributed by atoms with Gasteiger partial charge in [0.1, 0.15) is 6.35 Å². The Bertz CT molecular complexity index is 680. The number of nitrogens with zero attached hydrogens (tertiary/aromatic N) is 1. The van der Waals surface area contributed by atoms with E-state index in [4.69, 9.17) is 9.47 Å². The van der Waals surface area contributed by atoms with Crippen molar-refractivity contribution in [2.75, 3.05) is 20.1 Å². The average molecular weight is 342 g/mol. The van der Waals surface area contributed by atoms with Crippen LogP contribution in [0, 0.1) is 6.92 Å². The first-order valence-corrected chi connectivity index (χ1v) is 7.99. The zero-order chi connectivity index (χ0) is 15.7. The summed E-state index contributed by atoms with van der Waals surface area (Å²) in [6.45, 7) is 1.83. The molecule has 0 amide bonds. The number of nitrogens with one attached hydrogen (secondary N) is 1. The Kier molecular flexibility index (Phi) is 6.79. The monoisotopic (exact) mass is 342 g/mol. The van der Waals surface area contributed by atoms with Gasteiger partial charge in [-0.05, 0) is 13.3 Å². The Balaban J connectivity index is 0.00000242. The standard InChI is InChI=1S/C11H17N2O7P.Na/c1-8-6-13(10(15)12-9(8)14)11(4-3-5-19-11)20-7-21(16,17)18-2;/h6H,3-5,7H2,1-2H3,(H,16,17)(H,12,14,15);/q;+1/p-1/t11-;/m0./s1. The molecule has 1 aromatic heterocycles. The van der Waals surface area contributed by atoms with Crippen molar-refractivity contribution in [2.45, 2.75) is 25.7 Å². The maximum Gasteiger partial charge on any atom is 1.00 e. The molecule has 1 unspecified atom stereocenters. The Hall–Kier alpha value is -0.250. The van der Waals surface area contributed by atoms with E-state index >= 15 is 0 Å². The fourth-order valence-corrected chi connectivity index (χ4v) is 2.49. The molecule has 0 aromatic carbocycles. The molecule has 1 aromatic rings. The predicted molar refractivity (Wildman–Crippen MR) is 69.8 cm³/mol. The summed E-state index contributed by atoms with van der Waals surface area (Å²) < 4.78 is 27.6. The molecule has 2 rings (SSSR count). The number of hydrogen-bond donors (Lipinski definition) is 1. The van der Waals surface area contributed by atoms with Crippen molar-refractivity contribution in [3.63, 3.8) is 0 Å². The van der Waals surface area contributed by atoms with Gasteiger partial charge in [0, 0.05) is 25.3 Å². The van der Waals surface area contributed by atoms with Crippen LogP contribution < -0.4 is 45.7 Å². The Morgan fingerprint density at radius 3 is 2.77 bits per heavy atom. The zero-order valence-corrected chi connectivity index (χ0v) is 15.6. The van der Waals surface area contributed by atoms with Gasteiger partial charge in [0.25, 0.3) is 11.5 Å². The maximum atomic E-state index is 11.9. The average Bonchev–Trinajstić information content (AvgIpc) is 2.91. The molecule has 22 heavy (non-hydrogen) atoms. The molecule has 1 aliphatic rings. The van der Waals surface area contributed by atoms with Crippen LogP contribution in [0.3, 0.4) is 0 Å². The Morgan fingerprint density at radius 1 is 1.55 bits per heavy atom. The molecule has 1 N–H and O–H groups in total. The number of hydrogen-bond acceptors (Lipinski definition) is 7. The Labute approximate surface area is 148 Å². The molecule has 0 aliphatic carbocycles. The van der Waals surface area contributed by atoms with Gasteiger partial charge in [0.05, 0.1) is 6.61 Å². The van der Waals surface area contributed by atoms with Gasteiger partial charge in [0.2, 0.25) is 0 Å². The first-order valence-electron chi connectivity index (χ1n) is 6.26. The van der Waals surface area contributed by atoms with Crippen LogP contribution >= 0.6 is 7.60 Å². The summed E-state index contributed by atoms with van der Waals surface area (Å²) in [6.07, 6.45) is 1.41. The molecule has 1 saturated heterocycles. The normalized spacial score (nSPS) is 23.8. The molecule has 1 aliphatic heterocycles. The van der Waals surface area contributed by atoms with Crippen molar-refractivity contribution in [3.8, 4) is 0 Å². The fraction of sp³-hybridized carbons (Fsp3) is 0.636. The van der Waals surface area contributed by atoms with Gasteiger partial charge in [-0.25, -0.2) is 9.36 Å². The van der Waals surface area contributed by atoms with Gasteiger partial charge in [-0.1, -0.05) is 0 Å². The zero-order valence-electron chi connectivity index (χ0n) is 12.7. The van der Waals surface area contributed by atoms with E-state index in [2.05, 4.69) is 9.51 Å². The van der Waals surface area contributed by atoms with Gasteiger partial charge in [-0.15, -0.1) is 0 Å². The minimum atomic E-state index is -4.16. The van der Waals surface area contributed by atoms with E-state index in [0.717, 1.165) is 11.7 Å². The van der Waals surface area contributed by atoms with E-state index in [-0.39, 0.29) is 41.5 Å². The number of rotatable bonds is 5. The van der Waals surface area contributed by atoms with Crippen LogP contribution in [0.25, 0.3) is 0 Å². The summed E-state index contributed by atoms with van der Waals surface area (Å²) in [5.74, 6) is -1.55. The predicted octanol–water partition coefficient (Wildman–Crippen LogP) is -3.56. The SMILES string of the molecule is COP(=O)([O-])CO[C@]1(n2cc(C)c(=O)[nH]c2=O)CCCO1.[Na+]. The number of aromatic nitrogens is 2. The summed E-state index contributed by atoms with van der Waals surface area (Å²) in [6, 6.07) is 0. The molecule has 2 atom stereocenters. The van der Waals surface area contributed by atoms with E-state index < -0.39 is 31.1 Å². The van der Waals surface area contributed by atoms with Gasteiger partial charge >= 0.3 is 35.2 Å². The van der Waals surface area contributed by atoms with Crippen molar-refractivity contribution in [3.05, 3.63) is 32.6 Å². The second kappa shape index (κ2) is 7.55. The second-order valence-electron chi connectivity index (χ2n) is 4.67. The van der Waals surface area contributed by atoms with Crippen LogP contribution in [0.15, 0.2) is 15.8 Å². The van der Waals surface area contributed by atoms with Crippen LogP contribution in [0.2, 0.25) is 0 Å². The van der Waals surface area contributed by atoms with E-state index in [1.807, 2.05) is 0 Å². The first kappa shape index (κ1) is 19.8. The number of aryl methyl sites for hydroxylation is 1. The topological polar surface area (TPSA) is 123 Å². The van der Waals surface area contributed by atoms with Crippen LogP contribution in [-0.4, -0.2) is 29.6 Å². The molecular formula is C11H16N2NaO7P. The molecule has 9 nitrogen and oxygen atoms in total. The minimum absolute atomic E-state index is 0. The van der Waals surface area contributed by atoms with Crippen molar-refractivity contribution in [2.24, 2.45) is 0 Å². The fourth-order valence-electron chi connectivity index (χ4n) is 2.03. The molecule has 0 spiro atoms. The van der Waals surface area contributed by atoms with Crippen molar-refractivity contribution in [1.29, 1.82) is 0 Å². The van der Waals surface area contributed by atoms with E-state index in [0.29, 0.717) is 13.0 Å². The molecule has 11 heteroatoms. The summed E-state index contributed by atoms with van der Waals surface area (Å²) in [7, 11) is -3.14. The summed E-state index contributed by atoms with van der Waals surface area (Å²) in [5.41, 5.74) is -0.966. The summed E-state index contributed by atoms with van der Waals surface area (Å²) in [5, 5.41) is 0. The van der Waals surface area contributed by atoms with Crippen molar-refractivity contribution < 1.29 is 53.0 Å². The molecule has 0 radical (unpaired) electrons. The smallest absolute Gasteiger partial charge is 0.777 e. The van der Waals surface area contributed by atoms with E-state index in [1.165, 1.54) is 13.1 Å². The molecule has 1 fully saturated rings. The van der Waals surface area contributed by atoms with Gasteiger partial charge in [-0.2, -0.15) is 0 Å². The second-order valence-corrected chi connectivity index (χ2v) is 6.52. The van der Waals surface area contributed by atoms with E-state index in [9.17, 15) is 19.0 Å². The van der Waals surface area contributed by atoms with Crippen molar-refractivity contribution in [1.82, 2.24) is 9.55 Å². The third-order valence-corrected chi connectivity index (χ3v) is 4.18. The molecular weight excluding hydrogens is 326 g/mol. The maximum absolute atomic E-state index is 11.9. The number of aromatic amines is 1. The number of H-pyrrole nitrogens is 1. The third kappa shape index (κ3) is 4.18. The Morgan fingerprint density at radius 2 is 2.23 bits per heavy atom.